The number of nitrogens with zero attached hydrogens (tertiary/aromatic N) is 2. The van der Waals surface area contributed by atoms with Gasteiger partial charge < -0.3 is 10.6 Å². The summed E-state index contributed by atoms with van der Waals surface area (Å²) >= 11 is 0. The number of nitro groups is 1. The summed E-state index contributed by atoms with van der Waals surface area (Å²) in [5, 5.41) is 11.0. The number of benzene rings is 1. The molecule has 2 rings (SSSR count). The number of rotatable bonds is 5. The van der Waals surface area contributed by atoms with Crippen LogP contribution in [-0.4, -0.2) is 34.9 Å². The molecule has 22 heavy (non-hydrogen) atoms. The van der Waals surface area contributed by atoms with E-state index in [4.69, 9.17) is 5.73 Å². The van der Waals surface area contributed by atoms with Gasteiger partial charge in [-0.15, -0.1) is 12.4 Å². The van der Waals surface area contributed by atoms with E-state index in [-0.39, 0.29) is 36.5 Å². The van der Waals surface area contributed by atoms with Crippen LogP contribution in [0.5, 0.6) is 0 Å². The highest BCUT2D eigenvalue weighted by Crippen LogP contribution is 2.23. The summed E-state index contributed by atoms with van der Waals surface area (Å²) in [5.74, 6) is -0.0394. The second-order valence-corrected chi connectivity index (χ2v) is 5.38. The summed E-state index contributed by atoms with van der Waals surface area (Å²) in [6.45, 7) is 1.28. The van der Waals surface area contributed by atoms with E-state index in [9.17, 15) is 14.9 Å². The van der Waals surface area contributed by atoms with Gasteiger partial charge in [0, 0.05) is 24.2 Å². The first kappa shape index (κ1) is 18.4. The van der Waals surface area contributed by atoms with Crippen LogP contribution >= 0.6 is 12.4 Å². The SMILES string of the molecule is Cl.NCCC1CCCCN1C(=O)Cc1ccccc1[N+](=O)[O-]. The molecule has 0 aliphatic carbocycles. The number of hydrogen-bond acceptors (Lipinski definition) is 4. The predicted molar refractivity (Wildman–Crippen MR) is 87.1 cm³/mol. The lowest BCUT2D eigenvalue weighted by atomic mass is 9.98. The molecule has 1 amide bonds. The second kappa shape index (κ2) is 8.70. The van der Waals surface area contributed by atoms with Crippen LogP contribution in [0.2, 0.25) is 0 Å². The largest absolute Gasteiger partial charge is 0.339 e. The molecule has 1 heterocycles. The highest BCUT2D eigenvalue weighted by atomic mass is 35.5. The smallest absolute Gasteiger partial charge is 0.273 e. The maximum Gasteiger partial charge on any atom is 0.273 e. The van der Waals surface area contributed by atoms with Crippen LogP contribution in [0.15, 0.2) is 24.3 Å². The maximum absolute atomic E-state index is 12.5. The van der Waals surface area contributed by atoms with Gasteiger partial charge in [-0.3, -0.25) is 14.9 Å². The molecule has 7 heteroatoms. The Morgan fingerprint density at radius 2 is 2.09 bits per heavy atom. The van der Waals surface area contributed by atoms with Gasteiger partial charge >= 0.3 is 0 Å². The second-order valence-electron chi connectivity index (χ2n) is 5.38. The van der Waals surface area contributed by atoms with Crippen LogP contribution in [-0.2, 0) is 11.2 Å². The number of amides is 1. The first-order valence-electron chi connectivity index (χ1n) is 7.35. The molecule has 0 spiro atoms. The van der Waals surface area contributed by atoms with Crippen LogP contribution in [0, 0.1) is 10.1 Å². The van der Waals surface area contributed by atoms with Crippen molar-refractivity contribution in [3.05, 3.63) is 39.9 Å². The molecule has 1 aliphatic rings. The number of nitro benzene ring substituents is 1. The van der Waals surface area contributed by atoms with Crippen molar-refractivity contribution in [1.29, 1.82) is 0 Å². The molecule has 1 atom stereocenters. The van der Waals surface area contributed by atoms with E-state index in [0.29, 0.717) is 12.1 Å². The lowest BCUT2D eigenvalue weighted by Gasteiger charge is -2.35. The van der Waals surface area contributed by atoms with E-state index >= 15 is 0 Å². The van der Waals surface area contributed by atoms with Gasteiger partial charge in [-0.1, -0.05) is 18.2 Å². The van der Waals surface area contributed by atoms with Crippen LogP contribution in [0.4, 0.5) is 5.69 Å². The number of carbonyl (C=O) groups excluding carboxylic acids is 1. The average Bonchev–Trinajstić information content (AvgIpc) is 2.48. The fraction of sp³-hybridized carbons (Fsp3) is 0.533. The van der Waals surface area contributed by atoms with E-state index in [1.165, 1.54) is 6.07 Å². The highest BCUT2D eigenvalue weighted by molar-refractivity contribution is 5.85. The molecule has 1 unspecified atom stereocenters. The van der Waals surface area contributed by atoms with Gasteiger partial charge in [0.2, 0.25) is 5.91 Å². The summed E-state index contributed by atoms with van der Waals surface area (Å²) in [4.78, 5) is 24.9. The molecular formula is C15H22ClN3O3. The fourth-order valence-electron chi connectivity index (χ4n) is 2.92. The molecule has 1 aromatic rings. The molecule has 1 aromatic carbocycles. The molecule has 6 nitrogen and oxygen atoms in total. The third kappa shape index (κ3) is 4.42. The summed E-state index contributed by atoms with van der Waals surface area (Å²) in [6, 6.07) is 6.61. The Balaban J connectivity index is 0.00000242. The van der Waals surface area contributed by atoms with Crippen LogP contribution in [0.25, 0.3) is 0 Å². The van der Waals surface area contributed by atoms with E-state index in [2.05, 4.69) is 0 Å². The Kier molecular flexibility index (Phi) is 7.27. The standard InChI is InChI=1S/C15H21N3O3.ClH/c16-9-8-13-6-3-4-10-17(13)15(19)11-12-5-1-2-7-14(12)18(20)21;/h1-2,5,7,13H,3-4,6,8-11,16H2;1H. The Bertz CT molecular complexity index is 523. The van der Waals surface area contributed by atoms with Gasteiger partial charge in [-0.25, -0.2) is 0 Å². The molecule has 1 fully saturated rings. The molecular weight excluding hydrogens is 306 g/mol. The molecule has 2 N–H and O–H groups in total. The molecule has 0 radical (unpaired) electrons. The Labute approximate surface area is 136 Å². The van der Waals surface area contributed by atoms with E-state index < -0.39 is 4.92 Å². The first-order valence-corrected chi connectivity index (χ1v) is 7.35. The van der Waals surface area contributed by atoms with Gasteiger partial charge in [0.25, 0.3) is 5.69 Å². The lowest BCUT2D eigenvalue weighted by Crippen LogP contribution is -2.45. The van der Waals surface area contributed by atoms with Crippen molar-refractivity contribution >= 4 is 24.0 Å². The zero-order valence-corrected chi connectivity index (χ0v) is 13.3. The molecule has 0 aromatic heterocycles. The maximum atomic E-state index is 12.5. The minimum absolute atomic E-state index is 0. The summed E-state index contributed by atoms with van der Waals surface area (Å²) in [6.07, 6.45) is 3.95. The van der Waals surface area contributed by atoms with Crippen molar-refractivity contribution in [2.45, 2.75) is 38.1 Å². The zero-order valence-electron chi connectivity index (χ0n) is 12.4. The molecule has 0 saturated carbocycles. The zero-order chi connectivity index (χ0) is 15.2. The van der Waals surface area contributed by atoms with E-state index in [0.717, 1.165) is 32.2 Å². The number of likely N-dealkylation sites (tertiary alicyclic amines) is 1. The van der Waals surface area contributed by atoms with Gasteiger partial charge in [0.15, 0.2) is 0 Å². The lowest BCUT2D eigenvalue weighted by molar-refractivity contribution is -0.385. The van der Waals surface area contributed by atoms with E-state index in [1.54, 1.807) is 18.2 Å². The van der Waals surface area contributed by atoms with Gasteiger partial charge in [-0.05, 0) is 32.2 Å². The minimum Gasteiger partial charge on any atom is -0.339 e. The Morgan fingerprint density at radius 3 is 2.77 bits per heavy atom. The Morgan fingerprint density at radius 1 is 1.36 bits per heavy atom. The van der Waals surface area contributed by atoms with Crippen molar-refractivity contribution in [3.63, 3.8) is 0 Å². The number of carbonyl (C=O) groups is 1. The first-order chi connectivity index (χ1) is 10.1. The summed E-state index contributed by atoms with van der Waals surface area (Å²) < 4.78 is 0. The number of nitrogens with two attached hydrogens (primary N) is 1. The summed E-state index contributed by atoms with van der Waals surface area (Å²) in [7, 11) is 0. The van der Waals surface area contributed by atoms with Crippen molar-refractivity contribution in [3.8, 4) is 0 Å². The van der Waals surface area contributed by atoms with Crippen LogP contribution < -0.4 is 5.73 Å². The monoisotopic (exact) mass is 327 g/mol. The van der Waals surface area contributed by atoms with Crippen molar-refractivity contribution in [1.82, 2.24) is 4.90 Å². The van der Waals surface area contributed by atoms with Crippen molar-refractivity contribution < 1.29 is 9.72 Å². The predicted octanol–water partition coefficient (Wildman–Crippen LogP) is 2.29. The van der Waals surface area contributed by atoms with Gasteiger partial charge in [0.05, 0.1) is 11.3 Å². The molecule has 1 aliphatic heterocycles. The highest BCUT2D eigenvalue weighted by Gasteiger charge is 2.27. The number of para-hydroxylation sites is 1. The van der Waals surface area contributed by atoms with Crippen LogP contribution in [0.1, 0.15) is 31.2 Å². The molecule has 1 saturated heterocycles. The third-order valence-electron chi connectivity index (χ3n) is 3.98. The van der Waals surface area contributed by atoms with Crippen molar-refractivity contribution in [2.75, 3.05) is 13.1 Å². The van der Waals surface area contributed by atoms with E-state index in [1.807, 2.05) is 4.90 Å². The van der Waals surface area contributed by atoms with Gasteiger partial charge in [-0.2, -0.15) is 0 Å². The fourth-order valence-corrected chi connectivity index (χ4v) is 2.92. The number of hydrogen-bond donors (Lipinski definition) is 1. The third-order valence-corrected chi connectivity index (χ3v) is 3.98. The minimum atomic E-state index is -0.434. The average molecular weight is 328 g/mol. The van der Waals surface area contributed by atoms with Crippen molar-refractivity contribution in [2.24, 2.45) is 5.73 Å². The Hall–Kier alpha value is -1.66. The molecule has 0 bridgehead atoms. The topological polar surface area (TPSA) is 89.5 Å². The van der Waals surface area contributed by atoms with Gasteiger partial charge in [0.1, 0.15) is 0 Å². The number of halogens is 1. The number of piperidine rings is 1. The summed E-state index contributed by atoms with van der Waals surface area (Å²) in [5.41, 5.74) is 6.10. The van der Waals surface area contributed by atoms with Crippen LogP contribution in [0.3, 0.4) is 0 Å². The normalized spacial score (nSPS) is 17.7. The quantitative estimate of drug-likeness (QED) is 0.663. The molecule has 122 valence electrons.